The van der Waals surface area contributed by atoms with Gasteiger partial charge in [0, 0.05) is 19.0 Å². The minimum atomic E-state index is 0.0957. The molecule has 0 bridgehead atoms. The molecule has 1 saturated heterocycles. The second kappa shape index (κ2) is 4.33. The highest BCUT2D eigenvalue weighted by Crippen LogP contribution is 2.28. The molecule has 2 rings (SSSR count). The Balaban J connectivity index is 2.19. The van der Waals surface area contributed by atoms with Gasteiger partial charge in [0.15, 0.2) is 0 Å². The van der Waals surface area contributed by atoms with E-state index in [9.17, 15) is 0 Å². The number of ether oxygens (including phenoxy) is 1. The number of rotatable bonds is 2. The Labute approximate surface area is 89.7 Å². The van der Waals surface area contributed by atoms with Crippen molar-refractivity contribution in [3.63, 3.8) is 0 Å². The largest absolute Gasteiger partial charge is 0.497 e. The molecule has 2 atom stereocenters. The molecule has 0 saturated carbocycles. The van der Waals surface area contributed by atoms with Crippen LogP contribution in [0.25, 0.3) is 0 Å². The van der Waals surface area contributed by atoms with Crippen molar-refractivity contribution in [2.75, 3.05) is 20.2 Å². The van der Waals surface area contributed by atoms with Gasteiger partial charge in [-0.1, -0.05) is 12.1 Å². The Morgan fingerprint density at radius 3 is 2.67 bits per heavy atom. The molecule has 78 valence electrons. The van der Waals surface area contributed by atoms with E-state index in [1.165, 1.54) is 5.56 Å². The van der Waals surface area contributed by atoms with E-state index < -0.39 is 0 Å². The van der Waals surface area contributed by atoms with Crippen LogP contribution in [0.1, 0.15) is 11.5 Å². The van der Waals surface area contributed by atoms with Crippen LogP contribution < -0.4 is 10.1 Å². The van der Waals surface area contributed by atoms with Gasteiger partial charge in [0.2, 0.25) is 0 Å². The Kier molecular flexibility index (Phi) is 2.89. The van der Waals surface area contributed by atoms with Crippen molar-refractivity contribution in [3.8, 4) is 11.8 Å². The standard InChI is InChI=1S/C12H14N2O/c1-15-11-4-2-9(3-5-11)12-8-14-7-10(12)6-13/h2-5,10,12,14H,7-8H2,1H3. The lowest BCUT2D eigenvalue weighted by atomic mass is 9.90. The summed E-state index contributed by atoms with van der Waals surface area (Å²) in [7, 11) is 1.66. The quantitative estimate of drug-likeness (QED) is 0.790. The van der Waals surface area contributed by atoms with Gasteiger partial charge in [-0.3, -0.25) is 0 Å². The zero-order valence-corrected chi connectivity index (χ0v) is 8.73. The zero-order chi connectivity index (χ0) is 10.7. The van der Waals surface area contributed by atoms with Crippen LogP contribution in [0, 0.1) is 17.2 Å². The third-order valence-corrected chi connectivity index (χ3v) is 2.92. The maximum atomic E-state index is 8.98. The van der Waals surface area contributed by atoms with Gasteiger partial charge >= 0.3 is 0 Å². The van der Waals surface area contributed by atoms with Gasteiger partial charge < -0.3 is 10.1 Å². The van der Waals surface area contributed by atoms with E-state index in [2.05, 4.69) is 11.4 Å². The molecule has 0 amide bonds. The third kappa shape index (κ3) is 1.95. The molecule has 15 heavy (non-hydrogen) atoms. The fourth-order valence-corrected chi connectivity index (χ4v) is 2.02. The number of benzene rings is 1. The van der Waals surface area contributed by atoms with Gasteiger partial charge in [-0.15, -0.1) is 0 Å². The molecule has 3 nitrogen and oxygen atoms in total. The average molecular weight is 202 g/mol. The molecule has 1 aromatic carbocycles. The van der Waals surface area contributed by atoms with Crippen LogP contribution in [-0.4, -0.2) is 20.2 Å². The predicted octanol–water partition coefficient (Wildman–Crippen LogP) is 1.52. The lowest BCUT2D eigenvalue weighted by Crippen LogP contribution is -2.08. The van der Waals surface area contributed by atoms with E-state index in [1.54, 1.807) is 7.11 Å². The molecular formula is C12H14N2O. The molecule has 1 fully saturated rings. The average Bonchev–Trinajstić information content (AvgIpc) is 2.77. The van der Waals surface area contributed by atoms with E-state index in [1.807, 2.05) is 24.3 Å². The second-order valence-corrected chi connectivity index (χ2v) is 3.77. The summed E-state index contributed by atoms with van der Waals surface area (Å²) in [6.07, 6.45) is 0. The van der Waals surface area contributed by atoms with Gasteiger partial charge in [-0.05, 0) is 17.7 Å². The number of hydrogen-bond acceptors (Lipinski definition) is 3. The first-order valence-electron chi connectivity index (χ1n) is 5.09. The van der Waals surface area contributed by atoms with Crippen LogP contribution in [0.3, 0.4) is 0 Å². The summed E-state index contributed by atoms with van der Waals surface area (Å²) < 4.78 is 5.10. The highest BCUT2D eigenvalue weighted by molar-refractivity contribution is 5.31. The lowest BCUT2D eigenvalue weighted by molar-refractivity contribution is 0.414. The molecule has 1 aliphatic heterocycles. The van der Waals surface area contributed by atoms with Crippen molar-refractivity contribution in [1.29, 1.82) is 5.26 Å². The molecule has 0 radical (unpaired) electrons. The summed E-state index contributed by atoms with van der Waals surface area (Å²) in [6.45, 7) is 1.69. The first-order valence-corrected chi connectivity index (χ1v) is 5.09. The van der Waals surface area contributed by atoms with E-state index in [0.29, 0.717) is 5.92 Å². The molecule has 1 aliphatic rings. The monoisotopic (exact) mass is 202 g/mol. The fraction of sp³-hybridized carbons (Fsp3) is 0.417. The smallest absolute Gasteiger partial charge is 0.118 e. The summed E-state index contributed by atoms with van der Waals surface area (Å²) in [6, 6.07) is 10.3. The van der Waals surface area contributed by atoms with Crippen LogP contribution in [-0.2, 0) is 0 Å². The van der Waals surface area contributed by atoms with Crippen LogP contribution in [0.4, 0.5) is 0 Å². The van der Waals surface area contributed by atoms with Crippen molar-refractivity contribution in [1.82, 2.24) is 5.32 Å². The molecule has 1 N–H and O–H groups in total. The van der Waals surface area contributed by atoms with E-state index in [4.69, 9.17) is 10.00 Å². The first kappa shape index (κ1) is 10.0. The molecule has 0 aromatic heterocycles. The minimum Gasteiger partial charge on any atom is -0.497 e. The van der Waals surface area contributed by atoms with Crippen LogP contribution in [0.15, 0.2) is 24.3 Å². The number of nitrogens with one attached hydrogen (secondary N) is 1. The van der Waals surface area contributed by atoms with Crippen molar-refractivity contribution in [2.24, 2.45) is 5.92 Å². The van der Waals surface area contributed by atoms with Crippen LogP contribution in [0.5, 0.6) is 5.75 Å². The van der Waals surface area contributed by atoms with E-state index >= 15 is 0 Å². The molecule has 2 unspecified atom stereocenters. The van der Waals surface area contributed by atoms with Crippen molar-refractivity contribution < 1.29 is 4.74 Å². The Morgan fingerprint density at radius 1 is 1.33 bits per heavy atom. The second-order valence-electron chi connectivity index (χ2n) is 3.77. The zero-order valence-electron chi connectivity index (χ0n) is 8.73. The number of methoxy groups -OCH3 is 1. The first-order chi connectivity index (χ1) is 7.35. The van der Waals surface area contributed by atoms with Crippen LogP contribution >= 0.6 is 0 Å². The highest BCUT2D eigenvalue weighted by Gasteiger charge is 2.27. The molecule has 0 spiro atoms. The van der Waals surface area contributed by atoms with Crippen molar-refractivity contribution in [2.45, 2.75) is 5.92 Å². The van der Waals surface area contributed by atoms with Gasteiger partial charge in [-0.25, -0.2) is 0 Å². The van der Waals surface area contributed by atoms with Crippen molar-refractivity contribution >= 4 is 0 Å². The third-order valence-electron chi connectivity index (χ3n) is 2.92. The molecule has 0 aliphatic carbocycles. The number of nitrogens with zero attached hydrogens (tertiary/aromatic N) is 1. The van der Waals surface area contributed by atoms with Gasteiger partial charge in [0.1, 0.15) is 5.75 Å². The number of hydrogen-bond donors (Lipinski definition) is 1. The Bertz CT molecular complexity index is 366. The van der Waals surface area contributed by atoms with Gasteiger partial charge in [-0.2, -0.15) is 5.26 Å². The molecule has 1 heterocycles. The lowest BCUT2D eigenvalue weighted by Gasteiger charge is -2.12. The predicted molar refractivity (Wildman–Crippen MR) is 57.7 cm³/mol. The van der Waals surface area contributed by atoms with Crippen LogP contribution in [0.2, 0.25) is 0 Å². The SMILES string of the molecule is COc1ccc(C2CNCC2C#N)cc1. The Morgan fingerprint density at radius 2 is 2.07 bits per heavy atom. The summed E-state index contributed by atoms with van der Waals surface area (Å²) in [4.78, 5) is 0. The normalized spacial score (nSPS) is 24.8. The molecule has 1 aromatic rings. The van der Waals surface area contributed by atoms with Gasteiger partial charge in [0.25, 0.3) is 0 Å². The maximum absolute atomic E-state index is 8.98. The minimum absolute atomic E-state index is 0.0957. The molecular weight excluding hydrogens is 188 g/mol. The summed E-state index contributed by atoms with van der Waals surface area (Å²) in [5, 5.41) is 12.2. The van der Waals surface area contributed by atoms with Crippen molar-refractivity contribution in [3.05, 3.63) is 29.8 Å². The topological polar surface area (TPSA) is 45.0 Å². The Hall–Kier alpha value is -1.53. The maximum Gasteiger partial charge on any atom is 0.118 e. The summed E-state index contributed by atoms with van der Waals surface area (Å²) in [5.41, 5.74) is 1.22. The van der Waals surface area contributed by atoms with E-state index in [-0.39, 0.29) is 5.92 Å². The van der Waals surface area contributed by atoms with E-state index in [0.717, 1.165) is 18.8 Å². The highest BCUT2D eigenvalue weighted by atomic mass is 16.5. The molecule has 3 heteroatoms. The summed E-state index contributed by atoms with van der Waals surface area (Å²) in [5.74, 6) is 1.28. The number of nitriles is 1. The summed E-state index contributed by atoms with van der Waals surface area (Å²) >= 11 is 0. The fourth-order valence-electron chi connectivity index (χ4n) is 2.02. The van der Waals surface area contributed by atoms with Gasteiger partial charge in [0.05, 0.1) is 19.1 Å².